The number of hydrogen-bond acceptors (Lipinski definition) is 4. The van der Waals surface area contributed by atoms with Crippen LogP contribution in [0.2, 0.25) is 0 Å². The minimum Gasteiger partial charge on any atom is -0.356 e. The van der Waals surface area contributed by atoms with Gasteiger partial charge in [0.05, 0.1) is 12.2 Å². The van der Waals surface area contributed by atoms with E-state index in [2.05, 4.69) is 20.7 Å². The maximum atomic E-state index is 12.0. The van der Waals surface area contributed by atoms with E-state index in [4.69, 9.17) is 0 Å². The summed E-state index contributed by atoms with van der Waals surface area (Å²) in [5.74, 6) is 0.613. The molecule has 1 amide bonds. The van der Waals surface area contributed by atoms with Crippen LogP contribution in [0.5, 0.6) is 0 Å². The van der Waals surface area contributed by atoms with Crippen LogP contribution in [0.3, 0.4) is 0 Å². The predicted molar refractivity (Wildman–Crippen MR) is 69.7 cm³/mol. The van der Waals surface area contributed by atoms with Crippen molar-refractivity contribution in [3.8, 4) is 0 Å². The number of hydrogen-bond donors (Lipinski definition) is 2. The third-order valence-electron chi connectivity index (χ3n) is 3.22. The molecule has 0 saturated heterocycles. The third-order valence-corrected chi connectivity index (χ3v) is 3.22. The fourth-order valence-corrected chi connectivity index (χ4v) is 2.12. The number of imidazole rings is 1. The molecule has 2 N–H and O–H groups in total. The summed E-state index contributed by atoms with van der Waals surface area (Å²) in [6.45, 7) is 2.27. The lowest BCUT2D eigenvalue weighted by atomic mass is 10.3. The Labute approximate surface area is 110 Å². The number of nitrogens with one attached hydrogen (secondary N) is 2. The molecule has 2 aromatic heterocycles. The number of aryl methyl sites for hydroxylation is 2. The van der Waals surface area contributed by atoms with Crippen molar-refractivity contribution >= 4 is 11.9 Å². The molecule has 7 nitrogen and oxygen atoms in total. The Balaban J connectivity index is 1.67. The average molecular weight is 260 g/mol. The van der Waals surface area contributed by atoms with Gasteiger partial charge in [-0.1, -0.05) is 0 Å². The number of carbonyl (C=O) groups excluding carboxylic acids is 1. The van der Waals surface area contributed by atoms with Crippen LogP contribution in [-0.4, -0.2) is 31.8 Å². The van der Waals surface area contributed by atoms with Gasteiger partial charge in [-0.3, -0.25) is 9.48 Å². The molecule has 0 atom stereocenters. The van der Waals surface area contributed by atoms with E-state index in [0.717, 1.165) is 31.2 Å². The lowest BCUT2D eigenvalue weighted by Gasteiger charge is -2.14. The Morgan fingerprint density at radius 1 is 1.58 bits per heavy atom. The quantitative estimate of drug-likeness (QED) is 0.835. The molecular formula is C12H16N6O. The normalized spacial score (nSPS) is 13.7. The molecule has 0 saturated carbocycles. The highest BCUT2D eigenvalue weighted by Gasteiger charge is 2.16. The maximum Gasteiger partial charge on any atom is 0.271 e. The average Bonchev–Trinajstić information content (AvgIpc) is 3.01. The molecule has 0 aliphatic carbocycles. The van der Waals surface area contributed by atoms with Crippen LogP contribution in [0.25, 0.3) is 0 Å². The summed E-state index contributed by atoms with van der Waals surface area (Å²) in [7, 11) is 1.85. The van der Waals surface area contributed by atoms with Crippen LogP contribution in [0, 0.1) is 0 Å². The number of aromatic nitrogens is 4. The van der Waals surface area contributed by atoms with E-state index in [-0.39, 0.29) is 5.91 Å². The zero-order valence-electron chi connectivity index (χ0n) is 10.8. The number of rotatable bonds is 3. The molecule has 1 aliphatic rings. The van der Waals surface area contributed by atoms with E-state index < -0.39 is 0 Å². The highest BCUT2D eigenvalue weighted by atomic mass is 16.1. The number of carbonyl (C=O) groups is 1. The summed E-state index contributed by atoms with van der Waals surface area (Å²) in [4.78, 5) is 16.3. The molecule has 1 aliphatic heterocycles. The van der Waals surface area contributed by atoms with Gasteiger partial charge in [-0.15, -0.1) is 0 Å². The highest BCUT2D eigenvalue weighted by Crippen LogP contribution is 2.13. The van der Waals surface area contributed by atoms with E-state index in [1.54, 1.807) is 17.1 Å². The van der Waals surface area contributed by atoms with Gasteiger partial charge in [0.2, 0.25) is 5.95 Å². The summed E-state index contributed by atoms with van der Waals surface area (Å²) < 4.78 is 3.71. The van der Waals surface area contributed by atoms with Crippen molar-refractivity contribution in [1.29, 1.82) is 0 Å². The van der Waals surface area contributed by atoms with E-state index in [1.165, 1.54) is 0 Å². The zero-order valence-corrected chi connectivity index (χ0v) is 10.8. The van der Waals surface area contributed by atoms with Gasteiger partial charge < -0.3 is 15.2 Å². The number of nitrogens with zero attached hydrogens (tertiary/aromatic N) is 4. The van der Waals surface area contributed by atoms with Crippen LogP contribution in [0.4, 0.5) is 5.95 Å². The standard InChI is InChI=1S/C12H16N6O/c1-17-9(3-5-15-17)7-14-11(19)10-8-18-6-2-4-13-12(18)16-10/h3,5,8H,2,4,6-7H2,1H3,(H,13,16)(H,14,19). The molecule has 2 aromatic rings. The largest absolute Gasteiger partial charge is 0.356 e. The lowest BCUT2D eigenvalue weighted by molar-refractivity contribution is 0.0945. The summed E-state index contributed by atoms with van der Waals surface area (Å²) in [6, 6.07) is 1.88. The van der Waals surface area contributed by atoms with Gasteiger partial charge in [0, 0.05) is 32.5 Å². The van der Waals surface area contributed by atoms with Gasteiger partial charge in [-0.25, -0.2) is 4.98 Å². The second kappa shape index (κ2) is 4.75. The molecule has 3 heterocycles. The molecule has 0 aromatic carbocycles. The monoisotopic (exact) mass is 260 g/mol. The van der Waals surface area contributed by atoms with Crippen LogP contribution >= 0.6 is 0 Å². The summed E-state index contributed by atoms with van der Waals surface area (Å²) in [5, 5.41) is 10.1. The molecular weight excluding hydrogens is 244 g/mol. The topological polar surface area (TPSA) is 76.8 Å². The molecule has 7 heteroatoms. The van der Waals surface area contributed by atoms with E-state index in [0.29, 0.717) is 12.2 Å². The van der Waals surface area contributed by atoms with Crippen molar-refractivity contribution in [1.82, 2.24) is 24.6 Å². The van der Waals surface area contributed by atoms with Crippen LogP contribution in [-0.2, 0) is 20.1 Å². The van der Waals surface area contributed by atoms with Gasteiger partial charge in [0.1, 0.15) is 5.69 Å². The number of amides is 1. The Morgan fingerprint density at radius 3 is 3.21 bits per heavy atom. The number of anilines is 1. The van der Waals surface area contributed by atoms with Gasteiger partial charge in [0.25, 0.3) is 5.91 Å². The van der Waals surface area contributed by atoms with Crippen LogP contribution < -0.4 is 10.6 Å². The van der Waals surface area contributed by atoms with Crippen molar-refractivity contribution in [3.05, 3.63) is 29.8 Å². The first-order valence-electron chi connectivity index (χ1n) is 6.30. The molecule has 0 bridgehead atoms. The van der Waals surface area contributed by atoms with E-state index in [1.807, 2.05) is 17.7 Å². The first kappa shape index (κ1) is 11.8. The third kappa shape index (κ3) is 2.31. The molecule has 19 heavy (non-hydrogen) atoms. The summed E-state index contributed by atoms with van der Waals surface area (Å²) in [6.07, 6.45) is 4.56. The first-order valence-corrected chi connectivity index (χ1v) is 6.30. The van der Waals surface area contributed by atoms with E-state index in [9.17, 15) is 4.79 Å². The predicted octanol–water partition coefficient (Wildman–Crippen LogP) is 0.362. The van der Waals surface area contributed by atoms with E-state index >= 15 is 0 Å². The van der Waals surface area contributed by atoms with Crippen molar-refractivity contribution in [2.24, 2.45) is 7.05 Å². The highest BCUT2D eigenvalue weighted by molar-refractivity contribution is 5.92. The molecule has 0 spiro atoms. The Bertz CT molecular complexity index is 576. The first-order chi connectivity index (χ1) is 9.24. The molecule has 3 rings (SSSR count). The molecule has 0 radical (unpaired) electrons. The summed E-state index contributed by atoms with van der Waals surface area (Å²) in [5.41, 5.74) is 1.40. The second-order valence-electron chi connectivity index (χ2n) is 4.55. The maximum absolute atomic E-state index is 12.0. The Kier molecular flexibility index (Phi) is 2.94. The molecule has 100 valence electrons. The minimum atomic E-state index is -0.162. The van der Waals surface area contributed by atoms with Crippen LogP contribution in [0.15, 0.2) is 18.5 Å². The number of fused-ring (bicyclic) bond motifs is 1. The second-order valence-corrected chi connectivity index (χ2v) is 4.55. The van der Waals surface area contributed by atoms with Gasteiger partial charge in [0.15, 0.2) is 0 Å². The van der Waals surface area contributed by atoms with Crippen molar-refractivity contribution in [2.75, 3.05) is 11.9 Å². The van der Waals surface area contributed by atoms with Crippen molar-refractivity contribution in [3.63, 3.8) is 0 Å². The Hall–Kier alpha value is -2.31. The zero-order chi connectivity index (χ0) is 13.2. The van der Waals surface area contributed by atoms with Gasteiger partial charge in [-0.05, 0) is 12.5 Å². The molecule has 0 fully saturated rings. The van der Waals surface area contributed by atoms with Crippen molar-refractivity contribution < 1.29 is 4.79 Å². The van der Waals surface area contributed by atoms with Gasteiger partial charge in [-0.2, -0.15) is 5.10 Å². The smallest absolute Gasteiger partial charge is 0.271 e. The Morgan fingerprint density at radius 2 is 2.47 bits per heavy atom. The van der Waals surface area contributed by atoms with Crippen LogP contribution in [0.1, 0.15) is 22.6 Å². The fourth-order valence-electron chi connectivity index (χ4n) is 2.12. The molecule has 0 unspecified atom stereocenters. The lowest BCUT2D eigenvalue weighted by Crippen LogP contribution is -2.24. The van der Waals surface area contributed by atoms with Crippen molar-refractivity contribution in [2.45, 2.75) is 19.5 Å². The summed E-state index contributed by atoms with van der Waals surface area (Å²) >= 11 is 0. The van der Waals surface area contributed by atoms with Gasteiger partial charge >= 0.3 is 0 Å². The fraction of sp³-hybridized carbons (Fsp3) is 0.417. The SMILES string of the molecule is Cn1nccc1CNC(=O)c1cn2c(n1)NCCC2. The minimum absolute atomic E-state index is 0.162.